The molecule has 2 aliphatic heterocycles. The molecule has 0 saturated carbocycles. The Labute approximate surface area is 235 Å². The van der Waals surface area contributed by atoms with Crippen LogP contribution in [0.2, 0.25) is 0 Å². The summed E-state index contributed by atoms with van der Waals surface area (Å²) in [6, 6.07) is 13.2. The van der Waals surface area contributed by atoms with Gasteiger partial charge in [-0.25, -0.2) is 4.98 Å². The van der Waals surface area contributed by atoms with Gasteiger partial charge in [-0.1, -0.05) is 99.1 Å². The Morgan fingerprint density at radius 3 is 2.03 bits per heavy atom. The predicted molar refractivity (Wildman–Crippen MR) is 163 cm³/mol. The summed E-state index contributed by atoms with van der Waals surface area (Å²) in [6.07, 6.45) is 5.70. The molecule has 38 heavy (non-hydrogen) atoms. The van der Waals surface area contributed by atoms with E-state index >= 15 is 0 Å². The highest BCUT2D eigenvalue weighted by molar-refractivity contribution is 5.15. The molecule has 1 aromatic carbocycles. The topological polar surface area (TPSA) is 41.5 Å². The first-order chi connectivity index (χ1) is 18.2. The molecule has 0 radical (unpaired) electrons. The van der Waals surface area contributed by atoms with Crippen molar-refractivity contribution in [3.05, 3.63) is 53.9 Å². The van der Waals surface area contributed by atoms with E-state index in [-0.39, 0.29) is 0 Å². The Morgan fingerprint density at radius 2 is 1.53 bits per heavy atom. The van der Waals surface area contributed by atoms with Gasteiger partial charge in [0.1, 0.15) is 0 Å². The van der Waals surface area contributed by atoms with Crippen LogP contribution in [-0.4, -0.2) is 53.1 Å². The van der Waals surface area contributed by atoms with Crippen LogP contribution in [-0.2, 0) is 13.1 Å². The minimum atomic E-state index is 0.460. The number of hydrogen-bond donors (Lipinski definition) is 0. The minimum Gasteiger partial charge on any atom is -0.467 e. The van der Waals surface area contributed by atoms with Crippen LogP contribution < -0.4 is 4.74 Å². The minimum absolute atomic E-state index is 0.460. The lowest BCUT2D eigenvalue weighted by molar-refractivity contribution is 0.00621. The lowest BCUT2D eigenvalue weighted by Crippen LogP contribution is -2.53. The Bertz CT molecular complexity index is 843. The van der Waals surface area contributed by atoms with E-state index < -0.39 is 0 Å². The summed E-state index contributed by atoms with van der Waals surface area (Å²) in [4.78, 5) is 13.3. The standard InChI is InChI=1S/C13H21N3O.C13H19N.C5H12.C2H6/c1-10(2)6-11-7-16(8-11)9-12-4-5-14-13(15-12)17-3;1-3-13(2)10-14(11-13)9-12-7-5-4-6-8-12;1-4-5(2)3;1-2/h4-5,10-11H,6-9H2,1-3H3;4-8H,3,9-11H2,1-2H3;5H,4H2,1-3H3;1-2H3. The third-order valence-electron chi connectivity index (χ3n) is 7.23. The number of aromatic nitrogens is 2. The van der Waals surface area contributed by atoms with Crippen molar-refractivity contribution in [1.82, 2.24) is 19.8 Å². The molecule has 0 unspecified atom stereocenters. The van der Waals surface area contributed by atoms with E-state index in [0.717, 1.165) is 36.5 Å². The SMILES string of the molecule is CC.CCC(C)C.CCC1(C)CN(Cc2ccccc2)C1.COc1nccc(CN2CC(CC(C)C)C2)n1. The fraction of sp³-hybridized carbons (Fsp3) is 0.697. The molecule has 3 heterocycles. The lowest BCUT2D eigenvalue weighted by atomic mass is 9.79. The van der Waals surface area contributed by atoms with Crippen LogP contribution in [0.1, 0.15) is 92.8 Å². The molecular weight excluding hydrogens is 468 g/mol. The van der Waals surface area contributed by atoms with Gasteiger partial charge in [0.15, 0.2) is 0 Å². The van der Waals surface area contributed by atoms with E-state index in [2.05, 4.69) is 98.6 Å². The van der Waals surface area contributed by atoms with E-state index in [9.17, 15) is 0 Å². The summed E-state index contributed by atoms with van der Waals surface area (Å²) in [6.45, 7) is 26.9. The average molecular weight is 527 g/mol. The molecule has 0 bridgehead atoms. The maximum Gasteiger partial charge on any atom is 0.316 e. The maximum absolute atomic E-state index is 5.02. The van der Waals surface area contributed by atoms with E-state index in [4.69, 9.17) is 4.74 Å². The van der Waals surface area contributed by atoms with Crippen molar-refractivity contribution in [2.45, 2.75) is 94.7 Å². The molecule has 4 rings (SSSR count). The van der Waals surface area contributed by atoms with Gasteiger partial charge in [-0.2, -0.15) is 4.98 Å². The lowest BCUT2D eigenvalue weighted by Gasteiger charge is -2.48. The van der Waals surface area contributed by atoms with Gasteiger partial charge in [0, 0.05) is 45.5 Å². The third-order valence-corrected chi connectivity index (χ3v) is 7.23. The highest BCUT2D eigenvalue weighted by Crippen LogP contribution is 2.33. The highest BCUT2D eigenvalue weighted by atomic mass is 16.5. The number of rotatable bonds is 9. The summed E-state index contributed by atoms with van der Waals surface area (Å²) in [7, 11) is 1.60. The first-order valence-corrected chi connectivity index (χ1v) is 15.0. The molecule has 0 aliphatic carbocycles. The quantitative estimate of drug-likeness (QED) is 0.331. The van der Waals surface area contributed by atoms with Gasteiger partial charge in [0.05, 0.1) is 12.8 Å². The molecule has 0 atom stereocenters. The summed E-state index contributed by atoms with van der Waals surface area (Å²) >= 11 is 0. The Balaban J connectivity index is 0.000000310. The van der Waals surface area contributed by atoms with Gasteiger partial charge in [0.25, 0.3) is 0 Å². The van der Waals surface area contributed by atoms with E-state index in [1.54, 1.807) is 13.3 Å². The van der Waals surface area contributed by atoms with Crippen LogP contribution in [0, 0.1) is 23.2 Å². The molecular formula is C33H58N4O. The summed E-state index contributed by atoms with van der Waals surface area (Å²) < 4.78 is 5.02. The number of methoxy groups -OCH3 is 1. The van der Waals surface area contributed by atoms with Crippen molar-refractivity contribution in [2.75, 3.05) is 33.3 Å². The number of likely N-dealkylation sites (tertiary alicyclic amines) is 2. The smallest absolute Gasteiger partial charge is 0.316 e. The zero-order valence-electron chi connectivity index (χ0n) is 26.3. The van der Waals surface area contributed by atoms with Crippen LogP contribution in [0.5, 0.6) is 6.01 Å². The summed E-state index contributed by atoms with van der Waals surface area (Å²) in [5.41, 5.74) is 3.07. The maximum atomic E-state index is 5.02. The molecule has 5 nitrogen and oxygen atoms in total. The molecule has 0 spiro atoms. The van der Waals surface area contributed by atoms with Crippen LogP contribution in [0.15, 0.2) is 42.6 Å². The predicted octanol–water partition coefficient (Wildman–Crippen LogP) is 7.96. The molecule has 2 saturated heterocycles. The number of ether oxygens (including phenoxy) is 1. The molecule has 2 fully saturated rings. The van der Waals surface area contributed by atoms with Gasteiger partial charge in [0.2, 0.25) is 0 Å². The van der Waals surface area contributed by atoms with Crippen molar-refractivity contribution >= 4 is 0 Å². The normalized spacial score (nSPS) is 16.6. The second-order valence-corrected chi connectivity index (χ2v) is 11.8. The first kappa shape index (κ1) is 34.0. The van der Waals surface area contributed by atoms with E-state index in [0.29, 0.717) is 11.4 Å². The number of benzene rings is 1. The van der Waals surface area contributed by atoms with Crippen molar-refractivity contribution in [3.63, 3.8) is 0 Å². The van der Waals surface area contributed by atoms with Crippen LogP contribution in [0.4, 0.5) is 0 Å². The van der Waals surface area contributed by atoms with Gasteiger partial charge >= 0.3 is 6.01 Å². The second-order valence-electron chi connectivity index (χ2n) is 11.8. The zero-order valence-corrected chi connectivity index (χ0v) is 26.3. The van der Waals surface area contributed by atoms with Crippen LogP contribution in [0.25, 0.3) is 0 Å². The molecule has 2 aromatic rings. The average Bonchev–Trinajstić information content (AvgIpc) is 2.89. The number of hydrogen-bond acceptors (Lipinski definition) is 5. The molecule has 0 N–H and O–H groups in total. The molecule has 5 heteroatoms. The summed E-state index contributed by atoms with van der Waals surface area (Å²) in [5, 5.41) is 0. The van der Waals surface area contributed by atoms with E-state index in [1.165, 1.54) is 51.0 Å². The molecule has 0 amide bonds. The van der Waals surface area contributed by atoms with Crippen molar-refractivity contribution in [3.8, 4) is 6.01 Å². The highest BCUT2D eigenvalue weighted by Gasteiger charge is 2.36. The van der Waals surface area contributed by atoms with Gasteiger partial charge in [-0.05, 0) is 47.6 Å². The molecule has 2 aliphatic rings. The van der Waals surface area contributed by atoms with Crippen LogP contribution in [0.3, 0.4) is 0 Å². The Kier molecular flexibility index (Phi) is 16.4. The summed E-state index contributed by atoms with van der Waals surface area (Å²) in [5.74, 6) is 2.56. The Morgan fingerprint density at radius 1 is 0.921 bits per heavy atom. The van der Waals surface area contributed by atoms with E-state index in [1.807, 2.05) is 19.9 Å². The van der Waals surface area contributed by atoms with Gasteiger partial charge in [-0.15, -0.1) is 0 Å². The monoisotopic (exact) mass is 526 g/mol. The largest absolute Gasteiger partial charge is 0.467 e. The zero-order chi connectivity index (χ0) is 28.6. The fourth-order valence-electron chi connectivity index (χ4n) is 4.62. The van der Waals surface area contributed by atoms with Crippen molar-refractivity contribution < 1.29 is 4.74 Å². The van der Waals surface area contributed by atoms with Crippen molar-refractivity contribution in [1.29, 1.82) is 0 Å². The Hall–Kier alpha value is -1.98. The van der Waals surface area contributed by atoms with Gasteiger partial charge in [-0.3, -0.25) is 9.80 Å². The fourth-order valence-corrected chi connectivity index (χ4v) is 4.62. The number of nitrogens with zero attached hydrogens (tertiary/aromatic N) is 4. The molecule has 216 valence electrons. The van der Waals surface area contributed by atoms with Gasteiger partial charge < -0.3 is 4.74 Å². The molecule has 1 aromatic heterocycles. The second kappa shape index (κ2) is 18.3. The van der Waals surface area contributed by atoms with Crippen molar-refractivity contribution in [2.24, 2.45) is 23.2 Å². The third kappa shape index (κ3) is 13.2. The van der Waals surface area contributed by atoms with Crippen LogP contribution >= 0.6 is 0 Å². The first-order valence-electron chi connectivity index (χ1n) is 15.0.